The molecule has 1 aromatic rings. The highest BCUT2D eigenvalue weighted by molar-refractivity contribution is 5.92. The maximum Gasteiger partial charge on any atom is 0.262 e. The van der Waals surface area contributed by atoms with E-state index in [4.69, 9.17) is 0 Å². The maximum absolute atomic E-state index is 11.4. The second kappa shape index (κ2) is 6.58. The van der Waals surface area contributed by atoms with Gasteiger partial charge < -0.3 is 0 Å². The summed E-state index contributed by atoms with van der Waals surface area (Å²) in [4.78, 5) is 22.7. The third-order valence-corrected chi connectivity index (χ3v) is 2.18. The van der Waals surface area contributed by atoms with Gasteiger partial charge >= 0.3 is 0 Å². The highest BCUT2D eigenvalue weighted by atomic mass is 16.2. The predicted molar refractivity (Wildman–Crippen MR) is 68.0 cm³/mol. The molecule has 2 N–H and O–H groups in total. The van der Waals surface area contributed by atoms with Crippen LogP contribution in [0.5, 0.6) is 0 Å². The summed E-state index contributed by atoms with van der Waals surface area (Å²) in [5, 5.41) is 3.97. The highest BCUT2D eigenvalue weighted by Gasteiger charge is 2.04. The van der Waals surface area contributed by atoms with Gasteiger partial charge in [0.2, 0.25) is 5.91 Å². The number of hydrogen-bond donors (Lipinski definition) is 2. The number of nitrogens with one attached hydrogen (secondary N) is 2. The van der Waals surface area contributed by atoms with E-state index in [1.165, 1.54) is 6.08 Å². The number of nitrogens with zero attached hydrogens (tertiary/aromatic N) is 2. The Kier molecular flexibility index (Phi) is 5.10. The monoisotopic (exact) mass is 250 g/mol. The van der Waals surface area contributed by atoms with E-state index in [1.807, 2.05) is 13.8 Å². The molecular formula is C12H18N4O2. The van der Waals surface area contributed by atoms with Crippen LogP contribution in [-0.4, -0.2) is 21.6 Å². The van der Waals surface area contributed by atoms with Gasteiger partial charge in [0.25, 0.3) is 5.91 Å². The van der Waals surface area contributed by atoms with E-state index in [0.717, 1.165) is 5.69 Å². The number of aryl methyl sites for hydroxylation is 1. The number of rotatable bonds is 4. The summed E-state index contributed by atoms with van der Waals surface area (Å²) in [5.74, 6) is -0.326. The molecule has 0 aliphatic carbocycles. The molecule has 0 saturated heterocycles. The number of carbonyl (C=O) groups is 2. The third kappa shape index (κ3) is 4.82. The number of hydrazine groups is 1. The van der Waals surface area contributed by atoms with Gasteiger partial charge in [-0.1, -0.05) is 13.8 Å². The quantitative estimate of drug-likeness (QED) is 0.608. The van der Waals surface area contributed by atoms with Crippen molar-refractivity contribution in [1.29, 1.82) is 0 Å². The van der Waals surface area contributed by atoms with Gasteiger partial charge in [0.15, 0.2) is 0 Å². The zero-order valence-corrected chi connectivity index (χ0v) is 10.8. The van der Waals surface area contributed by atoms with Gasteiger partial charge in [-0.15, -0.1) is 0 Å². The Morgan fingerprint density at radius 1 is 1.44 bits per heavy atom. The summed E-state index contributed by atoms with van der Waals surface area (Å²) in [6.07, 6.45) is 4.98. The van der Waals surface area contributed by atoms with Crippen LogP contribution in [0.25, 0.3) is 6.08 Å². The van der Waals surface area contributed by atoms with Gasteiger partial charge in [-0.25, -0.2) is 0 Å². The van der Waals surface area contributed by atoms with Crippen LogP contribution in [0.4, 0.5) is 0 Å². The van der Waals surface area contributed by atoms with Crippen molar-refractivity contribution in [3.8, 4) is 0 Å². The summed E-state index contributed by atoms with van der Waals surface area (Å²) < 4.78 is 1.64. The molecule has 0 atom stereocenters. The zero-order valence-electron chi connectivity index (χ0n) is 10.8. The molecule has 0 saturated carbocycles. The van der Waals surface area contributed by atoms with Gasteiger partial charge in [-0.2, -0.15) is 5.10 Å². The molecule has 2 amide bonds. The van der Waals surface area contributed by atoms with Gasteiger partial charge in [-0.3, -0.25) is 25.1 Å². The average Bonchev–Trinajstić information content (AvgIpc) is 2.68. The van der Waals surface area contributed by atoms with Gasteiger partial charge in [0.1, 0.15) is 0 Å². The van der Waals surface area contributed by atoms with E-state index in [1.54, 1.807) is 30.1 Å². The summed E-state index contributed by atoms with van der Waals surface area (Å²) in [6.45, 7) is 3.87. The van der Waals surface area contributed by atoms with Gasteiger partial charge in [0, 0.05) is 25.7 Å². The molecule has 0 bridgehead atoms. The lowest BCUT2D eigenvalue weighted by Crippen LogP contribution is -2.41. The first kappa shape index (κ1) is 14.0. The molecule has 0 fully saturated rings. The topological polar surface area (TPSA) is 76.0 Å². The predicted octanol–water partition coefficient (Wildman–Crippen LogP) is 0.627. The largest absolute Gasteiger partial charge is 0.273 e. The third-order valence-electron chi connectivity index (χ3n) is 2.18. The van der Waals surface area contributed by atoms with Gasteiger partial charge in [-0.05, 0) is 18.1 Å². The maximum atomic E-state index is 11.4. The van der Waals surface area contributed by atoms with E-state index in [9.17, 15) is 9.59 Å². The SMILES string of the molecule is CC(C)CC(=O)NNC(=O)C=Cc1ccnn1C. The summed E-state index contributed by atoms with van der Waals surface area (Å²) in [6, 6.07) is 1.78. The molecule has 98 valence electrons. The fourth-order valence-electron chi connectivity index (χ4n) is 1.30. The minimum absolute atomic E-state index is 0.202. The lowest BCUT2D eigenvalue weighted by Gasteiger charge is -2.06. The van der Waals surface area contributed by atoms with Crippen molar-refractivity contribution in [2.24, 2.45) is 13.0 Å². The summed E-state index contributed by atoms with van der Waals surface area (Å²) >= 11 is 0. The van der Waals surface area contributed by atoms with Crippen molar-refractivity contribution >= 4 is 17.9 Å². The van der Waals surface area contributed by atoms with E-state index < -0.39 is 0 Å². The Morgan fingerprint density at radius 2 is 2.17 bits per heavy atom. The molecule has 1 rings (SSSR count). The fraction of sp³-hybridized carbons (Fsp3) is 0.417. The average molecular weight is 250 g/mol. The molecule has 1 aromatic heterocycles. The Labute approximate surface area is 106 Å². The minimum Gasteiger partial charge on any atom is -0.273 e. The van der Waals surface area contributed by atoms with Crippen molar-refractivity contribution in [3.63, 3.8) is 0 Å². The van der Waals surface area contributed by atoms with E-state index in [2.05, 4.69) is 16.0 Å². The number of carbonyl (C=O) groups excluding carboxylic acids is 2. The van der Waals surface area contributed by atoms with Crippen molar-refractivity contribution in [1.82, 2.24) is 20.6 Å². The first-order chi connectivity index (χ1) is 8.49. The van der Waals surface area contributed by atoms with Crippen LogP contribution in [0.2, 0.25) is 0 Å². The molecule has 0 aromatic carbocycles. The molecule has 18 heavy (non-hydrogen) atoms. The Morgan fingerprint density at radius 3 is 2.72 bits per heavy atom. The lowest BCUT2D eigenvalue weighted by molar-refractivity contribution is -0.127. The van der Waals surface area contributed by atoms with Crippen molar-refractivity contribution in [3.05, 3.63) is 24.0 Å². The van der Waals surface area contributed by atoms with Crippen molar-refractivity contribution in [2.45, 2.75) is 20.3 Å². The standard InChI is InChI=1S/C12H18N4O2/c1-9(2)8-12(18)15-14-11(17)5-4-10-6-7-13-16(10)3/h4-7,9H,8H2,1-3H3,(H,14,17)(H,15,18). The minimum atomic E-state index is -0.381. The molecule has 6 nitrogen and oxygen atoms in total. The lowest BCUT2D eigenvalue weighted by atomic mass is 10.1. The fourth-order valence-corrected chi connectivity index (χ4v) is 1.30. The molecule has 0 radical (unpaired) electrons. The van der Waals surface area contributed by atoms with Crippen LogP contribution < -0.4 is 10.9 Å². The van der Waals surface area contributed by atoms with Crippen LogP contribution >= 0.6 is 0 Å². The number of hydrogen-bond acceptors (Lipinski definition) is 3. The van der Waals surface area contributed by atoms with E-state index in [0.29, 0.717) is 6.42 Å². The van der Waals surface area contributed by atoms with Crippen LogP contribution in [0, 0.1) is 5.92 Å². The second-order valence-electron chi connectivity index (χ2n) is 4.35. The summed E-state index contributed by atoms with van der Waals surface area (Å²) in [5.41, 5.74) is 5.47. The molecular weight excluding hydrogens is 232 g/mol. The molecule has 6 heteroatoms. The highest BCUT2D eigenvalue weighted by Crippen LogP contribution is 1.99. The van der Waals surface area contributed by atoms with Crippen LogP contribution in [0.15, 0.2) is 18.3 Å². The van der Waals surface area contributed by atoms with Crippen molar-refractivity contribution in [2.75, 3.05) is 0 Å². The zero-order chi connectivity index (χ0) is 13.5. The Bertz CT molecular complexity index is 449. The van der Waals surface area contributed by atoms with E-state index in [-0.39, 0.29) is 17.7 Å². The molecule has 0 aliphatic heterocycles. The smallest absolute Gasteiger partial charge is 0.262 e. The molecule has 0 unspecified atom stereocenters. The van der Waals surface area contributed by atoms with Crippen molar-refractivity contribution < 1.29 is 9.59 Å². The first-order valence-corrected chi connectivity index (χ1v) is 5.74. The summed E-state index contributed by atoms with van der Waals surface area (Å²) in [7, 11) is 1.78. The first-order valence-electron chi connectivity index (χ1n) is 5.74. The number of aromatic nitrogens is 2. The molecule has 0 aliphatic rings. The van der Waals surface area contributed by atoms with Crippen LogP contribution in [-0.2, 0) is 16.6 Å². The molecule has 0 spiro atoms. The number of amides is 2. The van der Waals surface area contributed by atoms with Crippen LogP contribution in [0.1, 0.15) is 26.0 Å². The normalized spacial score (nSPS) is 10.9. The van der Waals surface area contributed by atoms with Crippen LogP contribution in [0.3, 0.4) is 0 Å². The Balaban J connectivity index is 2.36. The van der Waals surface area contributed by atoms with Gasteiger partial charge in [0.05, 0.1) is 5.69 Å². The second-order valence-corrected chi connectivity index (χ2v) is 4.35. The molecule has 1 heterocycles. The Hall–Kier alpha value is -2.11. The van der Waals surface area contributed by atoms with E-state index >= 15 is 0 Å².